The Hall–Kier alpha value is -3.61. The molecule has 2 aromatic rings. The molecule has 0 unspecified atom stereocenters. The third kappa shape index (κ3) is 8.40. The van der Waals surface area contributed by atoms with E-state index in [0.29, 0.717) is 13.0 Å². The van der Waals surface area contributed by atoms with E-state index in [9.17, 15) is 14.0 Å². The van der Waals surface area contributed by atoms with Gasteiger partial charge in [-0.25, -0.2) is 29.0 Å². The number of thioether (sulfide) groups is 1. The second-order valence-corrected chi connectivity index (χ2v) is 20.6. The molecule has 3 atom stereocenters. The van der Waals surface area contributed by atoms with Crippen LogP contribution in [0.5, 0.6) is 5.88 Å². The number of nitrogens with one attached hydrogen (secondary N) is 1. The zero-order valence-corrected chi connectivity index (χ0v) is 29.0. The smallest absolute Gasteiger partial charge is 0.418 e. The Morgan fingerprint density at radius 1 is 1.22 bits per heavy atom. The lowest BCUT2D eigenvalue weighted by molar-refractivity contribution is 0.0110. The van der Waals surface area contributed by atoms with Gasteiger partial charge in [-0.3, -0.25) is 9.79 Å². The Morgan fingerprint density at radius 3 is 2.57 bits per heavy atom. The largest absolute Gasteiger partial charge is 0.463 e. The summed E-state index contributed by atoms with van der Waals surface area (Å²) >= 11 is 1.13. The number of anilines is 1. The van der Waals surface area contributed by atoms with Crippen LogP contribution in [0.3, 0.4) is 0 Å². The van der Waals surface area contributed by atoms with Gasteiger partial charge in [-0.05, 0) is 46.2 Å². The summed E-state index contributed by atoms with van der Waals surface area (Å²) in [6, 6.07) is 2.28. The van der Waals surface area contributed by atoms with Crippen molar-refractivity contribution in [2.75, 3.05) is 31.9 Å². The molecule has 3 heterocycles. The van der Waals surface area contributed by atoms with Crippen LogP contribution < -0.4 is 10.1 Å². The van der Waals surface area contributed by atoms with Gasteiger partial charge in [0.25, 0.3) is 5.91 Å². The highest BCUT2D eigenvalue weighted by molar-refractivity contribution is 8.15. The van der Waals surface area contributed by atoms with Gasteiger partial charge in [-0.15, -0.1) is 6.42 Å². The van der Waals surface area contributed by atoms with Gasteiger partial charge in [0.1, 0.15) is 24.7 Å². The number of terminal acetylenes is 1. The van der Waals surface area contributed by atoms with Crippen molar-refractivity contribution in [3.63, 3.8) is 0 Å². The minimum Gasteiger partial charge on any atom is -0.463 e. The molecule has 11 nitrogen and oxygen atoms in total. The first kappa shape index (κ1) is 35.2. The summed E-state index contributed by atoms with van der Waals surface area (Å²) < 4.78 is 46.1. The normalized spacial score (nSPS) is 22.2. The third-order valence-electron chi connectivity index (χ3n) is 7.42. The Labute approximate surface area is 273 Å². The second kappa shape index (κ2) is 13.6. The first-order valence-electron chi connectivity index (χ1n) is 14.8. The Bertz CT molecular complexity index is 1530. The van der Waals surface area contributed by atoms with Crippen LogP contribution in [0.2, 0.25) is 25.7 Å². The number of rotatable bonds is 11. The van der Waals surface area contributed by atoms with Crippen LogP contribution in [-0.2, 0) is 15.0 Å². The zero-order chi connectivity index (χ0) is 33.9. The van der Waals surface area contributed by atoms with Crippen LogP contribution in [-0.4, -0.2) is 82.1 Å². The highest BCUT2D eigenvalue weighted by atomic mass is 32.2. The number of amides is 2. The molecule has 1 saturated carbocycles. The number of amidine groups is 1. The van der Waals surface area contributed by atoms with E-state index in [1.165, 1.54) is 23.4 Å². The van der Waals surface area contributed by atoms with Gasteiger partial charge in [-0.2, -0.15) is 4.39 Å². The number of halogens is 2. The average molecular weight is 675 g/mol. The Kier molecular flexibility index (Phi) is 10.4. The number of alkyl halides is 1. The molecule has 0 bridgehead atoms. The molecule has 2 aliphatic rings. The summed E-state index contributed by atoms with van der Waals surface area (Å²) in [6.45, 7) is 13.1. The van der Waals surface area contributed by atoms with E-state index < -0.39 is 54.5 Å². The van der Waals surface area contributed by atoms with E-state index in [1.807, 2.05) is 0 Å². The van der Waals surface area contributed by atoms with Crippen LogP contribution in [0.25, 0.3) is 0 Å². The summed E-state index contributed by atoms with van der Waals surface area (Å²) in [6.07, 6.45) is 8.48. The fraction of sp³-hybridized carbons (Fsp3) is 0.548. The maximum absolute atomic E-state index is 15.5. The van der Waals surface area contributed by atoms with Gasteiger partial charge in [0, 0.05) is 26.2 Å². The summed E-state index contributed by atoms with van der Waals surface area (Å²) in [5.41, 5.74) is -1.98. The minimum atomic E-state index is -1.42. The summed E-state index contributed by atoms with van der Waals surface area (Å²) in [5.74, 6) is 0.596. The fourth-order valence-corrected chi connectivity index (χ4v) is 7.13. The molecular formula is C31H40F2N6O5SSi. The van der Waals surface area contributed by atoms with Crippen molar-refractivity contribution >= 4 is 42.7 Å². The van der Waals surface area contributed by atoms with Crippen molar-refractivity contribution in [2.24, 2.45) is 10.9 Å². The molecule has 0 saturated heterocycles. The summed E-state index contributed by atoms with van der Waals surface area (Å²) in [5, 5.41) is 2.81. The number of aromatic nitrogens is 3. The average Bonchev–Trinajstić information content (AvgIpc) is 3.72. The van der Waals surface area contributed by atoms with Crippen LogP contribution >= 0.6 is 11.8 Å². The first-order valence-corrected chi connectivity index (χ1v) is 19.3. The fourth-order valence-electron chi connectivity index (χ4n) is 4.86. The van der Waals surface area contributed by atoms with Gasteiger partial charge in [-0.1, -0.05) is 37.3 Å². The third-order valence-corrected chi connectivity index (χ3v) is 10.6. The number of ether oxygens (including phenoxy) is 3. The van der Waals surface area contributed by atoms with Crippen molar-refractivity contribution in [2.45, 2.75) is 75.7 Å². The molecule has 1 aliphatic carbocycles. The molecule has 4 rings (SSSR count). The quantitative estimate of drug-likeness (QED) is 0.102. The molecule has 0 aromatic carbocycles. The molecule has 46 heavy (non-hydrogen) atoms. The standard InChI is InChI=1S/C31H40F2N6O5SSi/c1-9-10-43-24-17-34-22(16-35-24)26(40)37-20-13-21(25(33)36-15-20)30(5)23-14-31(23,18-32)45-27(38-30)39(28(41)44-29(2,3)4)19-42-11-12-46(6,7)8/h1,13,15-17,23H,10-12,14,18-19H2,2-8H3,(H,37,40)/t23-,30+,31+/m0/s1. The van der Waals surface area contributed by atoms with E-state index in [-0.39, 0.29) is 41.3 Å². The predicted molar refractivity (Wildman–Crippen MR) is 175 cm³/mol. The molecule has 1 fully saturated rings. The molecule has 2 amide bonds. The van der Waals surface area contributed by atoms with Crippen molar-refractivity contribution in [3.05, 3.63) is 41.9 Å². The lowest BCUT2D eigenvalue weighted by Crippen LogP contribution is -2.46. The van der Waals surface area contributed by atoms with Crippen molar-refractivity contribution in [3.8, 4) is 18.2 Å². The Morgan fingerprint density at radius 2 is 1.96 bits per heavy atom. The molecule has 2 aromatic heterocycles. The second-order valence-electron chi connectivity index (χ2n) is 13.6. The van der Waals surface area contributed by atoms with Crippen LogP contribution in [0.15, 0.2) is 29.6 Å². The SMILES string of the molecule is C#CCOc1cnc(C(=O)Nc2cnc(F)c([C@@]3(C)N=C(N(COCC[Si](C)(C)C)C(=O)OC(C)(C)C)S[C@@]4(CF)C[C@H]43)c2)cn1. The molecule has 248 valence electrons. The van der Waals surface area contributed by atoms with E-state index in [2.05, 4.69) is 45.8 Å². The van der Waals surface area contributed by atoms with Crippen molar-refractivity contribution < 1.29 is 32.6 Å². The van der Waals surface area contributed by atoms with Gasteiger partial charge in [0.15, 0.2) is 11.8 Å². The lowest BCUT2D eigenvalue weighted by Gasteiger charge is -2.37. The number of pyridine rings is 1. The number of aliphatic imine (C=N–C) groups is 1. The first-order chi connectivity index (χ1) is 21.5. The van der Waals surface area contributed by atoms with Gasteiger partial charge in [0.05, 0.1) is 34.6 Å². The van der Waals surface area contributed by atoms with Crippen LogP contribution in [0.4, 0.5) is 19.3 Å². The molecule has 1 N–H and O–H groups in total. The maximum atomic E-state index is 15.5. The monoisotopic (exact) mass is 674 g/mol. The number of fused-ring (bicyclic) bond motifs is 1. The molecule has 0 spiro atoms. The number of nitrogens with zero attached hydrogens (tertiary/aromatic N) is 5. The number of carbonyl (C=O) groups excluding carboxylic acids is 2. The van der Waals surface area contributed by atoms with E-state index >= 15 is 4.39 Å². The van der Waals surface area contributed by atoms with Crippen molar-refractivity contribution in [1.29, 1.82) is 0 Å². The number of hydrogen-bond acceptors (Lipinski definition) is 10. The lowest BCUT2D eigenvalue weighted by atomic mass is 9.86. The van der Waals surface area contributed by atoms with E-state index in [4.69, 9.17) is 25.6 Å². The zero-order valence-electron chi connectivity index (χ0n) is 27.1. The van der Waals surface area contributed by atoms with Crippen molar-refractivity contribution in [1.82, 2.24) is 19.9 Å². The maximum Gasteiger partial charge on any atom is 0.418 e. The number of hydrogen-bond donors (Lipinski definition) is 1. The van der Waals surface area contributed by atoms with Gasteiger partial charge in [0.2, 0.25) is 11.8 Å². The van der Waals surface area contributed by atoms with E-state index in [1.54, 1.807) is 27.7 Å². The highest BCUT2D eigenvalue weighted by Crippen LogP contribution is 2.66. The molecular weight excluding hydrogens is 635 g/mol. The van der Waals surface area contributed by atoms with Gasteiger partial charge < -0.3 is 19.5 Å². The summed E-state index contributed by atoms with van der Waals surface area (Å²) in [4.78, 5) is 44.4. The predicted octanol–water partition coefficient (Wildman–Crippen LogP) is 5.87. The highest BCUT2D eigenvalue weighted by Gasteiger charge is 2.67. The van der Waals surface area contributed by atoms with Gasteiger partial charge >= 0.3 is 6.09 Å². The van der Waals surface area contributed by atoms with Crippen LogP contribution in [0, 0.1) is 24.2 Å². The Balaban J connectivity index is 1.65. The van der Waals surface area contributed by atoms with E-state index in [0.717, 1.165) is 24.0 Å². The molecule has 0 radical (unpaired) electrons. The summed E-state index contributed by atoms with van der Waals surface area (Å²) in [7, 11) is -1.42. The minimum absolute atomic E-state index is 0.00242. The van der Waals surface area contributed by atoms with Crippen LogP contribution in [0.1, 0.15) is 50.2 Å². The molecule has 15 heteroatoms. The topological polar surface area (TPSA) is 128 Å². The number of carbonyl (C=O) groups is 2. The molecule has 1 aliphatic heterocycles.